The van der Waals surface area contributed by atoms with Gasteiger partial charge in [0, 0.05) is 16.8 Å². The van der Waals surface area contributed by atoms with Crippen molar-refractivity contribution in [2.45, 2.75) is 19.8 Å². The zero-order valence-electron chi connectivity index (χ0n) is 12.1. The minimum Gasteiger partial charge on any atom is -0.416 e. The molecule has 106 valence electrons. The van der Waals surface area contributed by atoms with E-state index in [0.717, 1.165) is 11.1 Å². The van der Waals surface area contributed by atoms with Gasteiger partial charge in [0.05, 0.1) is 0 Å². The zero-order chi connectivity index (χ0) is 14.8. The molecule has 0 unspecified atom stereocenters. The van der Waals surface area contributed by atoms with Crippen molar-refractivity contribution in [3.05, 3.63) is 54.1 Å². The van der Waals surface area contributed by atoms with Crippen LogP contribution in [0, 0.1) is 0 Å². The lowest BCUT2D eigenvalue weighted by Crippen LogP contribution is -1.86. The van der Waals surface area contributed by atoms with Gasteiger partial charge in [-0.3, -0.25) is 0 Å². The molecular formula is C17H17N3O. The van der Waals surface area contributed by atoms with Crippen molar-refractivity contribution in [2.75, 3.05) is 5.73 Å². The summed E-state index contributed by atoms with van der Waals surface area (Å²) in [5.74, 6) is 1.53. The normalized spacial score (nSPS) is 11.0. The third-order valence-electron chi connectivity index (χ3n) is 3.41. The average molecular weight is 279 g/mol. The van der Waals surface area contributed by atoms with Gasteiger partial charge < -0.3 is 10.2 Å². The molecule has 0 atom stereocenters. The first-order valence-electron chi connectivity index (χ1n) is 6.93. The Balaban J connectivity index is 1.89. The smallest absolute Gasteiger partial charge is 0.248 e. The topological polar surface area (TPSA) is 64.9 Å². The SMILES string of the molecule is CC(C)c1ccc(-c2nnc(-c3ccc(N)cc3)o2)cc1. The predicted molar refractivity (Wildman–Crippen MR) is 83.7 cm³/mol. The average Bonchev–Trinajstić information content (AvgIpc) is 2.98. The standard InChI is InChI=1S/C17H17N3O/c1-11(2)12-3-5-13(6-4-12)16-19-20-17(21-16)14-7-9-15(18)10-8-14/h3-11H,18H2,1-2H3. The second-order valence-corrected chi connectivity index (χ2v) is 5.31. The number of nitrogen functional groups attached to an aromatic ring is 1. The van der Waals surface area contributed by atoms with Crippen molar-refractivity contribution < 1.29 is 4.42 Å². The van der Waals surface area contributed by atoms with Gasteiger partial charge in [0.15, 0.2) is 0 Å². The van der Waals surface area contributed by atoms with Gasteiger partial charge in [0.25, 0.3) is 0 Å². The van der Waals surface area contributed by atoms with Crippen molar-refractivity contribution in [1.29, 1.82) is 0 Å². The maximum absolute atomic E-state index is 5.73. The first-order chi connectivity index (χ1) is 10.1. The maximum atomic E-state index is 5.73. The van der Waals surface area contributed by atoms with E-state index in [1.165, 1.54) is 5.56 Å². The van der Waals surface area contributed by atoms with Crippen molar-refractivity contribution in [1.82, 2.24) is 10.2 Å². The maximum Gasteiger partial charge on any atom is 0.248 e. The first kappa shape index (κ1) is 13.4. The summed E-state index contributed by atoms with van der Waals surface area (Å²) in [6.45, 7) is 4.34. The van der Waals surface area contributed by atoms with E-state index in [4.69, 9.17) is 10.2 Å². The summed E-state index contributed by atoms with van der Waals surface area (Å²) < 4.78 is 5.73. The van der Waals surface area contributed by atoms with Crippen LogP contribution in [0.25, 0.3) is 22.9 Å². The van der Waals surface area contributed by atoms with Crippen LogP contribution in [-0.2, 0) is 0 Å². The summed E-state index contributed by atoms with van der Waals surface area (Å²) >= 11 is 0. The van der Waals surface area contributed by atoms with Gasteiger partial charge >= 0.3 is 0 Å². The summed E-state index contributed by atoms with van der Waals surface area (Å²) in [5, 5.41) is 8.20. The quantitative estimate of drug-likeness (QED) is 0.733. The monoisotopic (exact) mass is 279 g/mol. The van der Waals surface area contributed by atoms with Crippen molar-refractivity contribution in [3.63, 3.8) is 0 Å². The largest absolute Gasteiger partial charge is 0.416 e. The van der Waals surface area contributed by atoms with E-state index in [0.29, 0.717) is 23.4 Å². The molecule has 2 N–H and O–H groups in total. The van der Waals surface area contributed by atoms with Crippen LogP contribution in [0.3, 0.4) is 0 Å². The molecule has 4 heteroatoms. The third kappa shape index (κ3) is 2.79. The Kier molecular flexibility index (Phi) is 3.44. The summed E-state index contributed by atoms with van der Waals surface area (Å²) in [6, 6.07) is 15.6. The van der Waals surface area contributed by atoms with E-state index >= 15 is 0 Å². The van der Waals surface area contributed by atoms with Gasteiger partial charge in [0.1, 0.15) is 0 Å². The number of rotatable bonds is 3. The predicted octanol–water partition coefficient (Wildman–Crippen LogP) is 4.11. The van der Waals surface area contributed by atoms with E-state index in [9.17, 15) is 0 Å². The Morgan fingerprint density at radius 1 is 0.810 bits per heavy atom. The van der Waals surface area contributed by atoms with Crippen molar-refractivity contribution in [3.8, 4) is 22.9 Å². The summed E-state index contributed by atoms with van der Waals surface area (Å²) in [6.07, 6.45) is 0. The lowest BCUT2D eigenvalue weighted by Gasteiger charge is -2.04. The van der Waals surface area contributed by atoms with Gasteiger partial charge in [-0.1, -0.05) is 26.0 Å². The Bertz CT molecular complexity index is 727. The molecular weight excluding hydrogens is 262 g/mol. The lowest BCUT2D eigenvalue weighted by atomic mass is 10.0. The number of benzene rings is 2. The van der Waals surface area contributed by atoms with Crippen LogP contribution in [0.4, 0.5) is 5.69 Å². The number of aromatic nitrogens is 2. The number of nitrogens with zero attached hydrogens (tertiary/aromatic N) is 2. The molecule has 1 aromatic heterocycles. The van der Waals surface area contributed by atoms with E-state index in [1.54, 1.807) is 0 Å². The highest BCUT2D eigenvalue weighted by atomic mass is 16.4. The molecule has 0 fully saturated rings. The molecule has 0 saturated heterocycles. The molecule has 1 heterocycles. The molecule has 0 spiro atoms. The minimum atomic E-state index is 0.498. The van der Waals surface area contributed by atoms with Gasteiger partial charge in [-0.15, -0.1) is 10.2 Å². The molecule has 0 saturated carbocycles. The molecule has 0 radical (unpaired) electrons. The Morgan fingerprint density at radius 2 is 1.29 bits per heavy atom. The van der Waals surface area contributed by atoms with Crippen molar-refractivity contribution >= 4 is 5.69 Å². The second kappa shape index (κ2) is 5.40. The summed E-state index contributed by atoms with van der Waals surface area (Å²) in [5.41, 5.74) is 9.46. The summed E-state index contributed by atoms with van der Waals surface area (Å²) in [7, 11) is 0. The van der Waals surface area contributed by atoms with E-state index in [2.05, 4.69) is 36.2 Å². The van der Waals surface area contributed by atoms with Gasteiger partial charge in [-0.2, -0.15) is 0 Å². The van der Waals surface area contributed by atoms with Crippen LogP contribution in [0.2, 0.25) is 0 Å². The molecule has 21 heavy (non-hydrogen) atoms. The molecule has 0 bridgehead atoms. The Morgan fingerprint density at radius 3 is 1.76 bits per heavy atom. The third-order valence-corrected chi connectivity index (χ3v) is 3.41. The highest BCUT2D eigenvalue weighted by molar-refractivity contribution is 5.60. The van der Waals surface area contributed by atoms with E-state index < -0.39 is 0 Å². The zero-order valence-corrected chi connectivity index (χ0v) is 12.1. The fraction of sp³-hybridized carbons (Fsp3) is 0.176. The van der Waals surface area contributed by atoms with E-state index in [1.807, 2.05) is 36.4 Å². The van der Waals surface area contributed by atoms with Gasteiger partial charge in [-0.05, 0) is 47.9 Å². The molecule has 0 aliphatic carbocycles. The first-order valence-corrected chi connectivity index (χ1v) is 6.93. The Labute approximate surface area is 123 Å². The summed E-state index contributed by atoms with van der Waals surface area (Å²) in [4.78, 5) is 0. The van der Waals surface area contributed by atoms with Crippen LogP contribution < -0.4 is 5.73 Å². The molecule has 0 aliphatic heterocycles. The Hall–Kier alpha value is -2.62. The number of hydrogen-bond acceptors (Lipinski definition) is 4. The van der Waals surface area contributed by atoms with E-state index in [-0.39, 0.29) is 0 Å². The highest BCUT2D eigenvalue weighted by Gasteiger charge is 2.10. The number of anilines is 1. The van der Waals surface area contributed by atoms with Gasteiger partial charge in [0.2, 0.25) is 11.8 Å². The van der Waals surface area contributed by atoms with Crippen molar-refractivity contribution in [2.24, 2.45) is 0 Å². The van der Waals surface area contributed by atoms with Crippen LogP contribution in [0.5, 0.6) is 0 Å². The van der Waals surface area contributed by atoms with Gasteiger partial charge in [-0.25, -0.2) is 0 Å². The molecule has 4 nitrogen and oxygen atoms in total. The number of hydrogen-bond donors (Lipinski definition) is 1. The molecule has 2 aromatic carbocycles. The fourth-order valence-corrected chi connectivity index (χ4v) is 2.09. The number of nitrogens with two attached hydrogens (primary N) is 1. The molecule has 3 aromatic rings. The van der Waals surface area contributed by atoms with Crippen LogP contribution in [0.1, 0.15) is 25.3 Å². The van der Waals surface area contributed by atoms with Crippen LogP contribution in [-0.4, -0.2) is 10.2 Å². The van der Waals surface area contributed by atoms with Crippen LogP contribution >= 0.6 is 0 Å². The molecule has 0 aliphatic rings. The fourth-order valence-electron chi connectivity index (χ4n) is 2.09. The van der Waals surface area contributed by atoms with Crippen LogP contribution in [0.15, 0.2) is 52.9 Å². The minimum absolute atomic E-state index is 0.498. The molecule has 0 amide bonds. The molecule has 3 rings (SSSR count). The second-order valence-electron chi connectivity index (χ2n) is 5.31. The highest BCUT2D eigenvalue weighted by Crippen LogP contribution is 2.25. The lowest BCUT2D eigenvalue weighted by molar-refractivity contribution is 0.584.